The Hall–Kier alpha value is -1.91. The first-order chi connectivity index (χ1) is 9.70. The van der Waals surface area contributed by atoms with Gasteiger partial charge in [0, 0.05) is 25.0 Å². The molecule has 2 aromatic rings. The SMILES string of the molecule is COc1cccc(C(O)CNC(C)c2cccnc2)c1. The van der Waals surface area contributed by atoms with Gasteiger partial charge in [0.15, 0.2) is 0 Å². The molecule has 0 aliphatic carbocycles. The van der Waals surface area contributed by atoms with Crippen LogP contribution in [0.2, 0.25) is 0 Å². The summed E-state index contributed by atoms with van der Waals surface area (Å²) in [5, 5.41) is 13.5. The first-order valence-corrected chi connectivity index (χ1v) is 6.66. The molecule has 106 valence electrons. The van der Waals surface area contributed by atoms with Crippen LogP contribution in [0.3, 0.4) is 0 Å². The van der Waals surface area contributed by atoms with Gasteiger partial charge in [-0.2, -0.15) is 0 Å². The van der Waals surface area contributed by atoms with Crippen molar-refractivity contribution >= 4 is 0 Å². The van der Waals surface area contributed by atoms with Crippen molar-refractivity contribution < 1.29 is 9.84 Å². The topological polar surface area (TPSA) is 54.4 Å². The first kappa shape index (κ1) is 14.5. The number of aromatic nitrogens is 1. The highest BCUT2D eigenvalue weighted by molar-refractivity contribution is 5.30. The summed E-state index contributed by atoms with van der Waals surface area (Å²) in [5.74, 6) is 0.752. The average Bonchev–Trinajstić information content (AvgIpc) is 2.53. The molecule has 0 amide bonds. The Labute approximate surface area is 119 Å². The maximum absolute atomic E-state index is 10.2. The lowest BCUT2D eigenvalue weighted by Crippen LogP contribution is -2.24. The summed E-state index contributed by atoms with van der Waals surface area (Å²) in [5.41, 5.74) is 1.94. The Balaban J connectivity index is 1.93. The number of pyridine rings is 1. The summed E-state index contributed by atoms with van der Waals surface area (Å²) in [6.45, 7) is 2.53. The lowest BCUT2D eigenvalue weighted by atomic mass is 10.1. The average molecular weight is 272 g/mol. The molecule has 4 heteroatoms. The minimum absolute atomic E-state index is 0.143. The molecule has 0 saturated carbocycles. The van der Waals surface area contributed by atoms with Crippen LogP contribution in [0.1, 0.15) is 30.2 Å². The van der Waals surface area contributed by atoms with Crippen molar-refractivity contribution in [2.45, 2.75) is 19.1 Å². The third-order valence-corrected chi connectivity index (χ3v) is 3.28. The highest BCUT2D eigenvalue weighted by atomic mass is 16.5. The van der Waals surface area contributed by atoms with Crippen LogP contribution in [0.15, 0.2) is 48.8 Å². The number of methoxy groups -OCH3 is 1. The number of aliphatic hydroxyl groups excluding tert-OH is 1. The van der Waals surface area contributed by atoms with E-state index < -0.39 is 6.10 Å². The van der Waals surface area contributed by atoms with Gasteiger partial charge in [0.2, 0.25) is 0 Å². The summed E-state index contributed by atoms with van der Waals surface area (Å²) in [7, 11) is 1.62. The maximum Gasteiger partial charge on any atom is 0.119 e. The van der Waals surface area contributed by atoms with Crippen LogP contribution in [-0.4, -0.2) is 23.7 Å². The molecule has 0 aliphatic heterocycles. The molecule has 1 aromatic heterocycles. The van der Waals surface area contributed by atoms with E-state index in [0.717, 1.165) is 16.9 Å². The fourth-order valence-corrected chi connectivity index (χ4v) is 2.01. The number of rotatable bonds is 6. The maximum atomic E-state index is 10.2. The van der Waals surface area contributed by atoms with Crippen molar-refractivity contribution in [2.24, 2.45) is 0 Å². The molecular weight excluding hydrogens is 252 g/mol. The van der Waals surface area contributed by atoms with Gasteiger partial charge in [0.25, 0.3) is 0 Å². The van der Waals surface area contributed by atoms with E-state index >= 15 is 0 Å². The van der Waals surface area contributed by atoms with Gasteiger partial charge >= 0.3 is 0 Å². The number of aliphatic hydroxyl groups is 1. The minimum Gasteiger partial charge on any atom is -0.497 e. The van der Waals surface area contributed by atoms with Crippen molar-refractivity contribution in [3.63, 3.8) is 0 Å². The Morgan fingerprint density at radius 2 is 2.05 bits per heavy atom. The largest absolute Gasteiger partial charge is 0.497 e. The van der Waals surface area contributed by atoms with Crippen molar-refractivity contribution in [3.05, 3.63) is 59.9 Å². The van der Waals surface area contributed by atoms with Crippen molar-refractivity contribution in [3.8, 4) is 5.75 Å². The number of nitrogens with one attached hydrogen (secondary N) is 1. The summed E-state index contributed by atoms with van der Waals surface area (Å²) in [6.07, 6.45) is 3.01. The van der Waals surface area contributed by atoms with Gasteiger partial charge in [-0.3, -0.25) is 4.98 Å². The molecule has 0 saturated heterocycles. The first-order valence-electron chi connectivity index (χ1n) is 6.66. The zero-order valence-corrected chi connectivity index (χ0v) is 11.8. The van der Waals surface area contributed by atoms with Crippen LogP contribution in [-0.2, 0) is 0 Å². The predicted molar refractivity (Wildman–Crippen MR) is 78.6 cm³/mol. The van der Waals surface area contributed by atoms with Gasteiger partial charge in [-0.25, -0.2) is 0 Å². The van der Waals surface area contributed by atoms with Crippen LogP contribution < -0.4 is 10.1 Å². The number of hydrogen-bond acceptors (Lipinski definition) is 4. The van der Waals surface area contributed by atoms with E-state index in [4.69, 9.17) is 4.74 Å². The smallest absolute Gasteiger partial charge is 0.119 e. The van der Waals surface area contributed by atoms with E-state index in [0.29, 0.717) is 6.54 Å². The second kappa shape index (κ2) is 7.03. The van der Waals surface area contributed by atoms with Crippen LogP contribution in [0, 0.1) is 0 Å². The summed E-state index contributed by atoms with van der Waals surface area (Å²) in [6, 6.07) is 11.5. The molecule has 2 atom stereocenters. The molecule has 0 aliphatic rings. The van der Waals surface area contributed by atoms with Gasteiger partial charge in [-0.05, 0) is 36.2 Å². The second-order valence-electron chi connectivity index (χ2n) is 4.71. The second-order valence-corrected chi connectivity index (χ2v) is 4.71. The van der Waals surface area contributed by atoms with Crippen LogP contribution in [0.25, 0.3) is 0 Å². The molecule has 4 nitrogen and oxygen atoms in total. The van der Waals surface area contributed by atoms with Crippen LogP contribution in [0.5, 0.6) is 5.75 Å². The van der Waals surface area contributed by atoms with Crippen molar-refractivity contribution in [1.82, 2.24) is 10.3 Å². The number of hydrogen-bond donors (Lipinski definition) is 2. The standard InChI is InChI=1S/C16H20N2O2/c1-12(14-6-4-8-17-10-14)18-11-16(19)13-5-3-7-15(9-13)20-2/h3-10,12,16,18-19H,11H2,1-2H3. The summed E-state index contributed by atoms with van der Waals surface area (Å²) >= 11 is 0. The van der Waals surface area contributed by atoms with E-state index in [1.807, 2.05) is 42.6 Å². The molecule has 0 spiro atoms. The zero-order chi connectivity index (χ0) is 14.4. The Morgan fingerprint density at radius 3 is 2.75 bits per heavy atom. The van der Waals surface area contributed by atoms with Gasteiger partial charge in [0.05, 0.1) is 13.2 Å². The molecular formula is C16H20N2O2. The Kier molecular flexibility index (Phi) is 5.09. The molecule has 1 heterocycles. The molecule has 0 fully saturated rings. The van der Waals surface area contributed by atoms with E-state index in [9.17, 15) is 5.11 Å². The van der Waals surface area contributed by atoms with Gasteiger partial charge < -0.3 is 15.2 Å². The van der Waals surface area contributed by atoms with Crippen LogP contribution >= 0.6 is 0 Å². The van der Waals surface area contributed by atoms with Gasteiger partial charge in [-0.1, -0.05) is 18.2 Å². The molecule has 2 unspecified atom stereocenters. The van der Waals surface area contributed by atoms with Crippen LogP contribution in [0.4, 0.5) is 0 Å². The van der Waals surface area contributed by atoms with Crippen molar-refractivity contribution in [1.29, 1.82) is 0 Å². The number of benzene rings is 1. The molecule has 2 N–H and O–H groups in total. The predicted octanol–water partition coefficient (Wildman–Crippen LogP) is 2.47. The molecule has 1 aromatic carbocycles. The molecule has 0 bridgehead atoms. The lowest BCUT2D eigenvalue weighted by molar-refractivity contribution is 0.170. The Morgan fingerprint density at radius 1 is 1.25 bits per heavy atom. The van der Waals surface area contributed by atoms with Gasteiger partial charge in [0.1, 0.15) is 5.75 Å². The minimum atomic E-state index is -0.566. The van der Waals surface area contributed by atoms with E-state index in [1.54, 1.807) is 13.3 Å². The number of ether oxygens (including phenoxy) is 1. The third-order valence-electron chi connectivity index (χ3n) is 3.28. The third kappa shape index (κ3) is 3.79. The van der Waals surface area contributed by atoms with E-state index in [2.05, 4.69) is 17.2 Å². The lowest BCUT2D eigenvalue weighted by Gasteiger charge is -2.17. The quantitative estimate of drug-likeness (QED) is 0.848. The van der Waals surface area contributed by atoms with E-state index in [-0.39, 0.29) is 6.04 Å². The molecule has 2 rings (SSSR count). The monoisotopic (exact) mass is 272 g/mol. The highest BCUT2D eigenvalue weighted by Crippen LogP contribution is 2.19. The summed E-state index contributed by atoms with van der Waals surface area (Å²) in [4.78, 5) is 4.09. The molecule has 20 heavy (non-hydrogen) atoms. The fourth-order valence-electron chi connectivity index (χ4n) is 2.01. The number of nitrogens with zero attached hydrogens (tertiary/aromatic N) is 1. The zero-order valence-electron chi connectivity index (χ0n) is 11.8. The molecule has 0 radical (unpaired) electrons. The van der Waals surface area contributed by atoms with Crippen molar-refractivity contribution in [2.75, 3.05) is 13.7 Å². The highest BCUT2D eigenvalue weighted by Gasteiger charge is 2.11. The summed E-state index contributed by atoms with van der Waals surface area (Å²) < 4.78 is 5.16. The normalized spacial score (nSPS) is 13.8. The fraction of sp³-hybridized carbons (Fsp3) is 0.312. The van der Waals surface area contributed by atoms with E-state index in [1.165, 1.54) is 0 Å². The Bertz CT molecular complexity index is 531. The van der Waals surface area contributed by atoms with Gasteiger partial charge in [-0.15, -0.1) is 0 Å².